The van der Waals surface area contributed by atoms with E-state index in [1.54, 1.807) is 7.11 Å². The van der Waals surface area contributed by atoms with Crippen molar-refractivity contribution in [1.82, 2.24) is 10.6 Å². The Labute approximate surface area is 129 Å². The van der Waals surface area contributed by atoms with E-state index in [0.717, 1.165) is 23.4 Å². The minimum atomic E-state index is 0.483. The number of methoxy groups -OCH3 is 1. The summed E-state index contributed by atoms with van der Waals surface area (Å²) in [4.78, 5) is 4.49. The van der Waals surface area contributed by atoms with Crippen molar-refractivity contribution in [2.75, 3.05) is 26.8 Å². The smallest absolute Gasteiger partial charge is 0.191 e. The zero-order valence-corrected chi connectivity index (χ0v) is 13.6. The molecular weight excluding hydrogens is 318 g/mol. The van der Waals surface area contributed by atoms with Crippen molar-refractivity contribution in [3.8, 4) is 0 Å². The first-order valence-corrected chi connectivity index (χ1v) is 7.83. The van der Waals surface area contributed by atoms with Crippen LogP contribution in [0.1, 0.15) is 24.8 Å². The van der Waals surface area contributed by atoms with Gasteiger partial charge in [0.15, 0.2) is 5.96 Å². The highest BCUT2D eigenvalue weighted by molar-refractivity contribution is 9.10. The number of aliphatic imine (C=N–C) groups is 1. The van der Waals surface area contributed by atoms with E-state index in [9.17, 15) is 0 Å². The van der Waals surface area contributed by atoms with Crippen LogP contribution in [-0.4, -0.2) is 38.8 Å². The summed E-state index contributed by atoms with van der Waals surface area (Å²) >= 11 is 3.47. The van der Waals surface area contributed by atoms with Crippen molar-refractivity contribution in [3.63, 3.8) is 0 Å². The SMILES string of the molecule is CCNC(=NCCOC)NC1CC1c1ccc(Br)cc1. The van der Waals surface area contributed by atoms with Gasteiger partial charge in [0.05, 0.1) is 13.2 Å². The summed E-state index contributed by atoms with van der Waals surface area (Å²) in [5, 5.41) is 6.76. The van der Waals surface area contributed by atoms with E-state index in [0.29, 0.717) is 25.1 Å². The molecule has 20 heavy (non-hydrogen) atoms. The zero-order chi connectivity index (χ0) is 14.4. The van der Waals surface area contributed by atoms with Crippen LogP contribution in [-0.2, 0) is 4.74 Å². The lowest BCUT2D eigenvalue weighted by Gasteiger charge is -2.11. The van der Waals surface area contributed by atoms with Gasteiger partial charge in [0.1, 0.15) is 0 Å². The molecule has 1 saturated carbocycles. The molecule has 2 unspecified atom stereocenters. The summed E-state index contributed by atoms with van der Waals surface area (Å²) in [6.07, 6.45) is 1.16. The molecule has 0 radical (unpaired) electrons. The van der Waals surface area contributed by atoms with Crippen molar-refractivity contribution < 1.29 is 4.74 Å². The van der Waals surface area contributed by atoms with E-state index in [1.165, 1.54) is 5.56 Å². The molecule has 0 spiro atoms. The van der Waals surface area contributed by atoms with Gasteiger partial charge in [-0.3, -0.25) is 4.99 Å². The monoisotopic (exact) mass is 339 g/mol. The fraction of sp³-hybridized carbons (Fsp3) is 0.533. The van der Waals surface area contributed by atoms with Gasteiger partial charge in [-0.2, -0.15) is 0 Å². The number of ether oxygens (including phenoxy) is 1. The lowest BCUT2D eigenvalue weighted by atomic mass is 10.1. The summed E-state index contributed by atoms with van der Waals surface area (Å²) in [5.41, 5.74) is 1.39. The quantitative estimate of drug-likeness (QED) is 0.475. The summed E-state index contributed by atoms with van der Waals surface area (Å²) in [5.74, 6) is 1.48. The Kier molecular flexibility index (Phi) is 5.86. The highest BCUT2D eigenvalue weighted by Gasteiger charge is 2.38. The first-order chi connectivity index (χ1) is 9.74. The van der Waals surface area contributed by atoms with Crippen molar-refractivity contribution in [1.29, 1.82) is 0 Å². The minimum Gasteiger partial charge on any atom is -0.383 e. The van der Waals surface area contributed by atoms with E-state index in [1.807, 2.05) is 0 Å². The molecule has 1 aliphatic carbocycles. The van der Waals surface area contributed by atoms with Crippen molar-refractivity contribution in [2.24, 2.45) is 4.99 Å². The third kappa shape index (κ3) is 4.49. The summed E-state index contributed by atoms with van der Waals surface area (Å²) in [7, 11) is 1.69. The Morgan fingerprint density at radius 1 is 1.40 bits per heavy atom. The number of guanidine groups is 1. The van der Waals surface area contributed by atoms with E-state index in [-0.39, 0.29) is 0 Å². The van der Waals surface area contributed by atoms with Gasteiger partial charge in [-0.15, -0.1) is 0 Å². The third-order valence-corrected chi connectivity index (χ3v) is 3.85. The Morgan fingerprint density at radius 3 is 2.80 bits per heavy atom. The van der Waals surface area contributed by atoms with Gasteiger partial charge in [-0.05, 0) is 31.0 Å². The molecule has 0 amide bonds. The second-order valence-electron chi connectivity index (χ2n) is 4.90. The lowest BCUT2D eigenvalue weighted by molar-refractivity contribution is 0.208. The molecule has 1 fully saturated rings. The third-order valence-electron chi connectivity index (χ3n) is 3.32. The number of hydrogen-bond donors (Lipinski definition) is 2. The molecule has 5 heteroatoms. The number of benzene rings is 1. The predicted octanol–water partition coefficient (Wildman–Crippen LogP) is 2.51. The second kappa shape index (κ2) is 7.64. The molecule has 0 saturated heterocycles. The largest absolute Gasteiger partial charge is 0.383 e. The van der Waals surface area contributed by atoms with E-state index < -0.39 is 0 Å². The van der Waals surface area contributed by atoms with Crippen molar-refractivity contribution in [3.05, 3.63) is 34.3 Å². The zero-order valence-electron chi connectivity index (χ0n) is 12.0. The molecule has 1 aliphatic rings. The van der Waals surface area contributed by atoms with Crippen LogP contribution in [0, 0.1) is 0 Å². The first kappa shape index (κ1) is 15.3. The molecule has 2 rings (SSSR count). The fourth-order valence-corrected chi connectivity index (χ4v) is 2.44. The van der Waals surface area contributed by atoms with Gasteiger partial charge in [0.25, 0.3) is 0 Å². The summed E-state index contributed by atoms with van der Waals surface area (Å²) in [6.45, 7) is 4.28. The molecule has 1 aromatic rings. The number of hydrogen-bond acceptors (Lipinski definition) is 2. The molecule has 0 aromatic heterocycles. The second-order valence-corrected chi connectivity index (χ2v) is 5.81. The molecule has 2 atom stereocenters. The molecule has 0 heterocycles. The van der Waals surface area contributed by atoms with Gasteiger partial charge in [0.2, 0.25) is 0 Å². The van der Waals surface area contributed by atoms with Crippen LogP contribution < -0.4 is 10.6 Å². The van der Waals surface area contributed by atoms with Crippen LogP contribution in [0.15, 0.2) is 33.7 Å². The van der Waals surface area contributed by atoms with E-state index >= 15 is 0 Å². The number of rotatable bonds is 6. The molecular formula is C15H22BrN3O. The number of nitrogens with zero attached hydrogens (tertiary/aromatic N) is 1. The molecule has 4 nitrogen and oxygen atoms in total. The minimum absolute atomic E-state index is 0.483. The number of halogens is 1. The maximum Gasteiger partial charge on any atom is 0.191 e. The molecule has 1 aromatic carbocycles. The van der Waals surface area contributed by atoms with Crippen LogP contribution in [0.2, 0.25) is 0 Å². The maximum atomic E-state index is 5.03. The lowest BCUT2D eigenvalue weighted by Crippen LogP contribution is -2.39. The normalized spacial score (nSPS) is 21.6. The van der Waals surface area contributed by atoms with Gasteiger partial charge in [0, 0.05) is 30.1 Å². The summed E-state index contributed by atoms with van der Waals surface area (Å²) in [6, 6.07) is 9.05. The van der Waals surface area contributed by atoms with Crippen molar-refractivity contribution >= 4 is 21.9 Å². The molecule has 2 N–H and O–H groups in total. The standard InChI is InChI=1S/C15H22BrN3O/c1-3-17-15(18-8-9-20-2)19-14-10-13(14)11-4-6-12(16)7-5-11/h4-7,13-14H,3,8-10H2,1-2H3,(H2,17,18,19). The first-order valence-electron chi connectivity index (χ1n) is 7.03. The van der Waals surface area contributed by atoms with Crippen LogP contribution in [0.3, 0.4) is 0 Å². The molecule has 0 bridgehead atoms. The van der Waals surface area contributed by atoms with Gasteiger partial charge >= 0.3 is 0 Å². The van der Waals surface area contributed by atoms with E-state index in [4.69, 9.17) is 4.74 Å². The van der Waals surface area contributed by atoms with E-state index in [2.05, 4.69) is 62.7 Å². The van der Waals surface area contributed by atoms with Crippen LogP contribution >= 0.6 is 15.9 Å². The molecule has 110 valence electrons. The van der Waals surface area contributed by atoms with Gasteiger partial charge in [-0.1, -0.05) is 28.1 Å². The highest BCUT2D eigenvalue weighted by Crippen LogP contribution is 2.40. The average Bonchev–Trinajstić information content (AvgIpc) is 3.19. The topological polar surface area (TPSA) is 45.7 Å². The Balaban J connectivity index is 1.86. The maximum absolute atomic E-state index is 5.03. The Bertz CT molecular complexity index is 447. The van der Waals surface area contributed by atoms with Crippen LogP contribution in [0.4, 0.5) is 0 Å². The van der Waals surface area contributed by atoms with Crippen molar-refractivity contribution in [2.45, 2.75) is 25.3 Å². The highest BCUT2D eigenvalue weighted by atomic mass is 79.9. The van der Waals surface area contributed by atoms with Gasteiger partial charge < -0.3 is 15.4 Å². The predicted molar refractivity (Wildman–Crippen MR) is 86.3 cm³/mol. The Hall–Kier alpha value is -1.07. The van der Waals surface area contributed by atoms with Gasteiger partial charge in [-0.25, -0.2) is 0 Å². The Morgan fingerprint density at radius 2 is 2.15 bits per heavy atom. The average molecular weight is 340 g/mol. The van der Waals surface area contributed by atoms with Crippen LogP contribution in [0.25, 0.3) is 0 Å². The summed E-state index contributed by atoms with van der Waals surface area (Å²) < 4.78 is 6.15. The molecule has 0 aliphatic heterocycles. The number of nitrogens with one attached hydrogen (secondary N) is 2. The fourth-order valence-electron chi connectivity index (χ4n) is 2.18. The van der Waals surface area contributed by atoms with Crippen LogP contribution in [0.5, 0.6) is 0 Å².